The fraction of sp³-hybridized carbons (Fsp3) is 0.318. The largest absolute Gasteiger partial charge is 0.481 e. The van der Waals surface area contributed by atoms with Gasteiger partial charge >= 0.3 is 0 Å². The average Bonchev–Trinajstić information content (AvgIpc) is 3.16. The normalized spacial score (nSPS) is 12.1. The number of hydrogen-bond acceptors (Lipinski definition) is 5. The van der Waals surface area contributed by atoms with Crippen LogP contribution in [0.4, 0.5) is 0 Å². The van der Waals surface area contributed by atoms with E-state index < -0.39 is 6.10 Å². The standard InChI is InChI=1S/C22H24ClN3O3/c1-14(2)16-9-6-8-12-19(16)28-15(3)22(27)26(4)13-20-24-21(25-29-20)17-10-5-7-11-18(17)23/h5-12,14-15H,13H2,1-4H3. The maximum Gasteiger partial charge on any atom is 0.263 e. The van der Waals surface area contributed by atoms with Gasteiger partial charge in [-0.3, -0.25) is 4.79 Å². The lowest BCUT2D eigenvalue weighted by Crippen LogP contribution is -2.37. The van der Waals surface area contributed by atoms with E-state index in [2.05, 4.69) is 24.0 Å². The fourth-order valence-corrected chi connectivity index (χ4v) is 3.19. The number of likely N-dealkylation sites (N-methyl/N-ethyl adjacent to an activating group) is 1. The van der Waals surface area contributed by atoms with Gasteiger partial charge in [0.2, 0.25) is 11.7 Å². The minimum Gasteiger partial charge on any atom is -0.481 e. The van der Waals surface area contributed by atoms with Gasteiger partial charge in [-0.1, -0.05) is 60.9 Å². The van der Waals surface area contributed by atoms with Crippen LogP contribution in [-0.2, 0) is 11.3 Å². The van der Waals surface area contributed by atoms with Crippen molar-refractivity contribution in [3.8, 4) is 17.1 Å². The predicted molar refractivity (Wildman–Crippen MR) is 112 cm³/mol. The van der Waals surface area contributed by atoms with Crippen molar-refractivity contribution >= 4 is 17.5 Å². The van der Waals surface area contributed by atoms with Crippen molar-refractivity contribution in [3.05, 3.63) is 65.0 Å². The van der Waals surface area contributed by atoms with Crippen molar-refractivity contribution in [1.29, 1.82) is 0 Å². The maximum absolute atomic E-state index is 12.8. The number of hydrogen-bond donors (Lipinski definition) is 0. The Hall–Kier alpha value is -2.86. The van der Waals surface area contributed by atoms with Gasteiger partial charge in [-0.05, 0) is 36.6 Å². The molecule has 0 aliphatic heterocycles. The fourth-order valence-electron chi connectivity index (χ4n) is 2.97. The topological polar surface area (TPSA) is 68.5 Å². The molecule has 7 heteroatoms. The molecule has 0 bridgehead atoms. The highest BCUT2D eigenvalue weighted by atomic mass is 35.5. The Kier molecular flexibility index (Phi) is 6.54. The monoisotopic (exact) mass is 413 g/mol. The van der Waals surface area contributed by atoms with Crippen molar-refractivity contribution in [3.63, 3.8) is 0 Å². The molecule has 0 radical (unpaired) electrons. The Morgan fingerprint density at radius 3 is 2.55 bits per heavy atom. The molecule has 0 spiro atoms. The number of ether oxygens (including phenoxy) is 1. The summed E-state index contributed by atoms with van der Waals surface area (Å²) >= 11 is 6.17. The summed E-state index contributed by atoms with van der Waals surface area (Å²) in [6.07, 6.45) is -0.647. The van der Waals surface area contributed by atoms with Gasteiger partial charge in [0.05, 0.1) is 11.6 Å². The molecule has 3 rings (SSSR count). The van der Waals surface area contributed by atoms with E-state index in [1.54, 1.807) is 20.0 Å². The molecule has 0 aliphatic carbocycles. The van der Waals surface area contributed by atoms with Gasteiger partial charge in [0, 0.05) is 12.6 Å². The van der Waals surface area contributed by atoms with E-state index in [0.717, 1.165) is 11.3 Å². The number of rotatable bonds is 7. The van der Waals surface area contributed by atoms with Gasteiger partial charge in [0.15, 0.2) is 6.10 Å². The molecule has 1 amide bonds. The van der Waals surface area contributed by atoms with E-state index in [4.69, 9.17) is 20.9 Å². The van der Waals surface area contributed by atoms with Gasteiger partial charge in [-0.25, -0.2) is 0 Å². The van der Waals surface area contributed by atoms with Gasteiger partial charge in [-0.2, -0.15) is 4.98 Å². The summed E-state index contributed by atoms with van der Waals surface area (Å²) < 4.78 is 11.2. The van der Waals surface area contributed by atoms with Gasteiger partial charge in [0.25, 0.3) is 5.91 Å². The number of carbonyl (C=O) groups excluding carboxylic acids is 1. The van der Waals surface area contributed by atoms with Crippen molar-refractivity contribution in [2.75, 3.05) is 7.05 Å². The molecule has 0 saturated carbocycles. The highest BCUT2D eigenvalue weighted by Crippen LogP contribution is 2.27. The van der Waals surface area contributed by atoms with E-state index >= 15 is 0 Å². The number of nitrogens with zero attached hydrogens (tertiary/aromatic N) is 3. The Morgan fingerprint density at radius 2 is 1.83 bits per heavy atom. The Bertz CT molecular complexity index is 987. The number of carbonyl (C=O) groups is 1. The minimum absolute atomic E-state index is 0.176. The first-order valence-electron chi connectivity index (χ1n) is 9.45. The third kappa shape index (κ3) is 4.95. The van der Waals surface area contributed by atoms with Crippen molar-refractivity contribution in [1.82, 2.24) is 15.0 Å². The second kappa shape index (κ2) is 9.09. The van der Waals surface area contributed by atoms with Crippen LogP contribution >= 0.6 is 11.6 Å². The molecule has 29 heavy (non-hydrogen) atoms. The number of para-hydroxylation sites is 1. The first-order chi connectivity index (χ1) is 13.9. The number of aromatic nitrogens is 2. The molecule has 0 N–H and O–H groups in total. The van der Waals surface area contributed by atoms with Gasteiger partial charge in [-0.15, -0.1) is 0 Å². The SMILES string of the molecule is CC(Oc1ccccc1C(C)C)C(=O)N(C)Cc1nc(-c2ccccc2Cl)no1. The lowest BCUT2D eigenvalue weighted by molar-refractivity contribution is -0.137. The van der Waals surface area contributed by atoms with Crippen LogP contribution in [-0.4, -0.2) is 34.1 Å². The van der Waals surface area contributed by atoms with Crippen molar-refractivity contribution < 1.29 is 14.1 Å². The zero-order valence-electron chi connectivity index (χ0n) is 16.9. The molecule has 2 aromatic carbocycles. The molecule has 1 heterocycles. The van der Waals surface area contributed by atoms with Crippen LogP contribution in [0.1, 0.15) is 38.1 Å². The molecule has 3 aromatic rings. The smallest absolute Gasteiger partial charge is 0.263 e. The van der Waals surface area contributed by atoms with Crippen LogP contribution in [0.5, 0.6) is 5.75 Å². The highest BCUT2D eigenvalue weighted by Gasteiger charge is 2.23. The van der Waals surface area contributed by atoms with E-state index in [0.29, 0.717) is 28.2 Å². The molecule has 6 nitrogen and oxygen atoms in total. The minimum atomic E-state index is -0.647. The summed E-state index contributed by atoms with van der Waals surface area (Å²) in [6.45, 7) is 6.09. The van der Waals surface area contributed by atoms with E-state index in [1.807, 2.05) is 42.5 Å². The molecular weight excluding hydrogens is 390 g/mol. The molecule has 1 unspecified atom stereocenters. The third-order valence-electron chi connectivity index (χ3n) is 4.52. The molecule has 152 valence electrons. The lowest BCUT2D eigenvalue weighted by atomic mass is 10.0. The molecule has 0 fully saturated rings. The molecule has 1 atom stereocenters. The number of halogens is 1. The summed E-state index contributed by atoms with van der Waals surface area (Å²) in [5.74, 6) is 1.55. The van der Waals surface area contributed by atoms with Crippen LogP contribution in [0.2, 0.25) is 5.02 Å². The maximum atomic E-state index is 12.8. The van der Waals surface area contributed by atoms with Crippen LogP contribution in [0.15, 0.2) is 53.1 Å². The highest BCUT2D eigenvalue weighted by molar-refractivity contribution is 6.33. The summed E-state index contributed by atoms with van der Waals surface area (Å²) in [4.78, 5) is 18.6. The lowest BCUT2D eigenvalue weighted by Gasteiger charge is -2.22. The zero-order valence-corrected chi connectivity index (χ0v) is 17.7. The molecule has 1 aromatic heterocycles. The Labute approximate surface area is 175 Å². The summed E-state index contributed by atoms with van der Waals surface area (Å²) in [6, 6.07) is 15.0. The van der Waals surface area contributed by atoms with Gasteiger partial charge < -0.3 is 14.2 Å². The zero-order chi connectivity index (χ0) is 21.0. The second-order valence-electron chi connectivity index (χ2n) is 7.14. The Morgan fingerprint density at radius 1 is 1.14 bits per heavy atom. The molecular formula is C22H24ClN3O3. The summed E-state index contributed by atoms with van der Waals surface area (Å²) in [5.41, 5.74) is 1.75. The van der Waals surface area contributed by atoms with E-state index in [9.17, 15) is 4.79 Å². The number of benzene rings is 2. The van der Waals surface area contributed by atoms with Gasteiger partial charge in [0.1, 0.15) is 5.75 Å². The third-order valence-corrected chi connectivity index (χ3v) is 4.85. The van der Waals surface area contributed by atoms with Crippen LogP contribution < -0.4 is 4.74 Å². The second-order valence-corrected chi connectivity index (χ2v) is 7.55. The Balaban J connectivity index is 1.66. The summed E-state index contributed by atoms with van der Waals surface area (Å²) in [7, 11) is 1.68. The van der Waals surface area contributed by atoms with Crippen molar-refractivity contribution in [2.24, 2.45) is 0 Å². The first-order valence-corrected chi connectivity index (χ1v) is 9.82. The molecule has 0 saturated heterocycles. The average molecular weight is 414 g/mol. The van der Waals surface area contributed by atoms with Crippen molar-refractivity contribution in [2.45, 2.75) is 39.3 Å². The van der Waals surface area contributed by atoms with Crippen LogP contribution in [0.3, 0.4) is 0 Å². The predicted octanol–water partition coefficient (Wildman–Crippen LogP) is 4.94. The quantitative estimate of drug-likeness (QED) is 0.548. The van der Waals surface area contributed by atoms with E-state index in [-0.39, 0.29) is 12.5 Å². The van der Waals surface area contributed by atoms with Crippen LogP contribution in [0, 0.1) is 0 Å². The first kappa shape index (κ1) is 20.9. The summed E-state index contributed by atoms with van der Waals surface area (Å²) in [5, 5.41) is 4.50. The number of amides is 1. The molecule has 0 aliphatic rings. The van der Waals surface area contributed by atoms with E-state index in [1.165, 1.54) is 4.90 Å². The van der Waals surface area contributed by atoms with Crippen LogP contribution in [0.25, 0.3) is 11.4 Å².